The molecule has 1 fully saturated rings. The van der Waals surface area contributed by atoms with E-state index in [9.17, 15) is 14.4 Å². The number of thiophene rings is 1. The summed E-state index contributed by atoms with van der Waals surface area (Å²) >= 11 is 2.90. The molecule has 9 heteroatoms. The van der Waals surface area contributed by atoms with Gasteiger partial charge in [0.1, 0.15) is 4.83 Å². The van der Waals surface area contributed by atoms with Crippen molar-refractivity contribution in [3.8, 4) is 0 Å². The largest absolute Gasteiger partial charge is 0.338 e. The highest BCUT2D eigenvalue weighted by Gasteiger charge is 2.29. The highest BCUT2D eigenvalue weighted by molar-refractivity contribution is 8.00. The Kier molecular flexibility index (Phi) is 6.48. The average Bonchev–Trinajstić information content (AvgIpc) is 3.35. The lowest BCUT2D eigenvalue weighted by Crippen LogP contribution is -2.42. The maximum Gasteiger partial charge on any atom is 0.321 e. The summed E-state index contributed by atoms with van der Waals surface area (Å²) in [6, 6.07) is -0.368. The Hall–Kier alpha value is -1.87. The number of hydrogen-bond donors (Lipinski definition) is 2. The zero-order valence-electron chi connectivity index (χ0n) is 17.5. The number of aryl methyl sites for hydroxylation is 2. The third-order valence-corrected chi connectivity index (χ3v) is 8.16. The first-order chi connectivity index (χ1) is 14.5. The first-order valence-corrected chi connectivity index (χ1v) is 12.5. The van der Waals surface area contributed by atoms with E-state index < -0.39 is 11.3 Å². The smallest absolute Gasteiger partial charge is 0.321 e. The maximum absolute atomic E-state index is 13.6. The summed E-state index contributed by atoms with van der Waals surface area (Å²) in [5.41, 5.74) is 1.24. The normalized spacial score (nSPS) is 17.7. The molecule has 0 bridgehead atoms. The summed E-state index contributed by atoms with van der Waals surface area (Å²) in [7, 11) is 0. The molecule has 2 heterocycles. The van der Waals surface area contributed by atoms with Crippen LogP contribution >= 0.6 is 23.1 Å². The van der Waals surface area contributed by atoms with E-state index in [2.05, 4.69) is 10.6 Å². The number of hydrogen-bond acceptors (Lipinski definition) is 6. The molecule has 2 aliphatic carbocycles. The fraction of sp³-hybridized carbons (Fsp3) is 0.619. The molecule has 1 saturated carbocycles. The van der Waals surface area contributed by atoms with E-state index in [1.807, 2.05) is 4.57 Å². The average molecular weight is 449 g/mol. The van der Waals surface area contributed by atoms with Gasteiger partial charge in [-0.1, -0.05) is 24.6 Å². The lowest BCUT2D eigenvalue weighted by Gasteiger charge is -2.20. The minimum absolute atomic E-state index is 0.0464. The van der Waals surface area contributed by atoms with Gasteiger partial charge in [-0.15, -0.1) is 11.3 Å². The summed E-state index contributed by atoms with van der Waals surface area (Å²) in [5.74, 6) is -0.385. The van der Waals surface area contributed by atoms with Crippen LogP contribution in [0.25, 0.3) is 10.2 Å². The number of imide groups is 1. The van der Waals surface area contributed by atoms with E-state index in [4.69, 9.17) is 4.98 Å². The van der Waals surface area contributed by atoms with Crippen molar-refractivity contribution in [3.63, 3.8) is 0 Å². The summed E-state index contributed by atoms with van der Waals surface area (Å²) in [5, 5.41) is 5.77. The van der Waals surface area contributed by atoms with Crippen LogP contribution in [-0.2, 0) is 17.6 Å². The van der Waals surface area contributed by atoms with Crippen LogP contribution in [0.4, 0.5) is 4.79 Å². The molecule has 162 valence electrons. The van der Waals surface area contributed by atoms with Crippen LogP contribution < -0.4 is 16.2 Å². The molecule has 2 aromatic heterocycles. The van der Waals surface area contributed by atoms with Gasteiger partial charge in [-0.2, -0.15) is 0 Å². The molecule has 0 unspecified atom stereocenters. The van der Waals surface area contributed by atoms with Gasteiger partial charge in [0.25, 0.3) is 5.56 Å². The van der Waals surface area contributed by atoms with Crippen molar-refractivity contribution in [1.82, 2.24) is 20.2 Å². The van der Waals surface area contributed by atoms with Gasteiger partial charge < -0.3 is 5.32 Å². The number of nitrogens with one attached hydrogen (secondary N) is 2. The number of fused-ring (bicyclic) bond motifs is 3. The lowest BCUT2D eigenvalue weighted by molar-refractivity contribution is -0.119. The van der Waals surface area contributed by atoms with Gasteiger partial charge >= 0.3 is 6.03 Å². The molecular weight excluding hydrogens is 420 g/mol. The molecule has 3 amide bonds. The number of carbonyl (C=O) groups excluding carboxylic acids is 2. The van der Waals surface area contributed by atoms with Crippen molar-refractivity contribution in [2.45, 2.75) is 81.7 Å². The minimum atomic E-state index is -0.542. The molecule has 0 spiro atoms. The Balaban J connectivity index is 1.71. The molecule has 0 aromatic carbocycles. The highest BCUT2D eigenvalue weighted by Crippen LogP contribution is 2.38. The van der Waals surface area contributed by atoms with E-state index >= 15 is 0 Å². The number of rotatable bonds is 5. The molecule has 0 saturated heterocycles. The molecule has 4 rings (SSSR count). The number of aromatic nitrogens is 2. The van der Waals surface area contributed by atoms with Crippen molar-refractivity contribution in [1.29, 1.82) is 0 Å². The third-order valence-electron chi connectivity index (χ3n) is 5.90. The predicted molar refractivity (Wildman–Crippen MR) is 121 cm³/mol. The molecule has 2 aromatic rings. The molecule has 0 radical (unpaired) electrons. The van der Waals surface area contributed by atoms with Crippen LogP contribution in [0.3, 0.4) is 0 Å². The van der Waals surface area contributed by atoms with E-state index in [1.165, 1.54) is 22.2 Å². The van der Waals surface area contributed by atoms with Crippen LogP contribution in [0.2, 0.25) is 0 Å². The Morgan fingerprint density at radius 2 is 1.97 bits per heavy atom. The van der Waals surface area contributed by atoms with Crippen molar-refractivity contribution in [2.24, 2.45) is 0 Å². The fourth-order valence-corrected chi connectivity index (χ4v) is 6.68. The van der Waals surface area contributed by atoms with E-state index in [0.29, 0.717) is 11.7 Å². The lowest BCUT2D eigenvalue weighted by atomic mass is 9.97. The van der Waals surface area contributed by atoms with Crippen molar-refractivity contribution < 1.29 is 9.59 Å². The Morgan fingerprint density at radius 1 is 1.23 bits per heavy atom. The van der Waals surface area contributed by atoms with Crippen molar-refractivity contribution in [3.05, 3.63) is 20.8 Å². The zero-order valence-corrected chi connectivity index (χ0v) is 19.1. The van der Waals surface area contributed by atoms with Gasteiger partial charge in [0.15, 0.2) is 5.16 Å². The van der Waals surface area contributed by atoms with Gasteiger partial charge in [-0.05, 0) is 57.9 Å². The number of carbonyl (C=O) groups is 2. The number of amides is 3. The minimum Gasteiger partial charge on any atom is -0.338 e. The first kappa shape index (κ1) is 21.4. The molecule has 1 atom stereocenters. The van der Waals surface area contributed by atoms with Crippen LogP contribution in [-0.4, -0.2) is 33.3 Å². The van der Waals surface area contributed by atoms with Gasteiger partial charge in [-0.25, -0.2) is 9.78 Å². The Labute approximate surface area is 184 Å². The summed E-state index contributed by atoms with van der Waals surface area (Å²) < 4.78 is 1.84. The topological polar surface area (TPSA) is 93.1 Å². The Bertz CT molecular complexity index is 1020. The standard InChI is InChI=1S/C21H28N4O3S2/c1-3-22-20(28)23-17(26)12(2)29-21-24-18-16(14-10-6-7-11-15(14)30-18)19(27)25(21)13-8-4-5-9-13/h12-13H,3-11H2,1-2H3,(H2,22,23,26,28)/t12-/m1/s1. The molecule has 2 N–H and O–H groups in total. The van der Waals surface area contributed by atoms with Gasteiger partial charge in [0, 0.05) is 17.5 Å². The second-order valence-electron chi connectivity index (χ2n) is 8.01. The summed E-state index contributed by atoms with van der Waals surface area (Å²) in [6.45, 7) is 3.99. The quantitative estimate of drug-likeness (QED) is 0.536. The van der Waals surface area contributed by atoms with E-state index in [1.54, 1.807) is 25.2 Å². The molecule has 0 aliphatic heterocycles. The number of nitrogens with zero attached hydrogens (tertiary/aromatic N) is 2. The highest BCUT2D eigenvalue weighted by atomic mass is 32.2. The van der Waals surface area contributed by atoms with E-state index in [-0.39, 0.29) is 17.5 Å². The fourth-order valence-electron chi connectivity index (χ4n) is 4.40. The van der Waals surface area contributed by atoms with Crippen molar-refractivity contribution >= 4 is 45.3 Å². The first-order valence-electron chi connectivity index (χ1n) is 10.8. The summed E-state index contributed by atoms with van der Waals surface area (Å²) in [4.78, 5) is 44.8. The number of urea groups is 1. The predicted octanol–water partition coefficient (Wildman–Crippen LogP) is 3.78. The molecule has 30 heavy (non-hydrogen) atoms. The monoisotopic (exact) mass is 448 g/mol. The van der Waals surface area contributed by atoms with Gasteiger partial charge in [-0.3, -0.25) is 19.5 Å². The SMILES string of the molecule is CCNC(=O)NC(=O)[C@@H](C)Sc1nc2sc3c(c2c(=O)n1C1CCCC1)CCCC3. The summed E-state index contributed by atoms with van der Waals surface area (Å²) in [6.07, 6.45) is 8.40. The zero-order chi connectivity index (χ0) is 21.3. The second-order valence-corrected chi connectivity index (χ2v) is 10.4. The Morgan fingerprint density at radius 3 is 2.70 bits per heavy atom. The van der Waals surface area contributed by atoms with Crippen LogP contribution in [0, 0.1) is 0 Å². The van der Waals surface area contributed by atoms with Crippen molar-refractivity contribution in [2.75, 3.05) is 6.54 Å². The molecular formula is C21H28N4O3S2. The van der Waals surface area contributed by atoms with E-state index in [0.717, 1.165) is 61.6 Å². The second kappa shape index (κ2) is 9.09. The number of thioether (sulfide) groups is 1. The van der Waals surface area contributed by atoms with Gasteiger partial charge in [0.05, 0.1) is 10.6 Å². The molecule has 2 aliphatic rings. The molecule has 7 nitrogen and oxygen atoms in total. The van der Waals surface area contributed by atoms with Crippen LogP contribution in [0.1, 0.15) is 68.9 Å². The third kappa shape index (κ3) is 4.14. The van der Waals surface area contributed by atoms with Crippen LogP contribution in [0.5, 0.6) is 0 Å². The van der Waals surface area contributed by atoms with Gasteiger partial charge in [0.2, 0.25) is 5.91 Å². The maximum atomic E-state index is 13.6. The van der Waals surface area contributed by atoms with Crippen LogP contribution in [0.15, 0.2) is 9.95 Å².